The van der Waals surface area contributed by atoms with Crippen LogP contribution in [0.3, 0.4) is 0 Å². The number of allylic oxidation sites excluding steroid dienone is 2. The predicted octanol–water partition coefficient (Wildman–Crippen LogP) is 1.20. The van der Waals surface area contributed by atoms with E-state index in [9.17, 15) is 9.59 Å². The van der Waals surface area contributed by atoms with Crippen molar-refractivity contribution in [2.45, 2.75) is 25.0 Å². The number of ketones is 1. The lowest BCUT2D eigenvalue weighted by Crippen LogP contribution is -2.24. The molecule has 0 atom stereocenters. The van der Waals surface area contributed by atoms with Gasteiger partial charge in [-0.25, -0.2) is 4.98 Å². The maximum Gasteiger partial charge on any atom is 0.262 e. The number of aliphatic hydroxyl groups is 1. The molecule has 8 heteroatoms. The van der Waals surface area contributed by atoms with Gasteiger partial charge in [-0.05, 0) is 25.5 Å². The zero-order valence-corrected chi connectivity index (χ0v) is 14.5. The van der Waals surface area contributed by atoms with Crippen molar-refractivity contribution < 1.29 is 9.90 Å². The second-order valence-corrected chi connectivity index (χ2v) is 6.27. The first kappa shape index (κ1) is 18.7. The molecule has 0 aliphatic rings. The van der Waals surface area contributed by atoms with Crippen LogP contribution < -0.4 is 11.3 Å². The summed E-state index contributed by atoms with van der Waals surface area (Å²) < 4.78 is 1.45. The molecule has 130 valence electrons. The topological polar surface area (TPSA) is 122 Å². The molecule has 2 aromatic rings. The van der Waals surface area contributed by atoms with Crippen molar-refractivity contribution in [2.75, 3.05) is 12.4 Å². The Balaban J connectivity index is 2.39. The first-order chi connectivity index (χ1) is 12.0. The number of aliphatic hydroxyl groups excluding tert-OH is 1. The quantitative estimate of drug-likeness (QED) is 0.330. The van der Waals surface area contributed by atoms with Crippen LogP contribution in [-0.2, 0) is 11.3 Å². The minimum Gasteiger partial charge on any atom is -0.401 e. The number of nitriles is 1. The van der Waals surface area contributed by atoms with E-state index in [1.807, 2.05) is 0 Å². The molecule has 0 saturated carbocycles. The standard InChI is InChI=1S/C17H18N4O3S/c1-11(19)13(9-18)15(23)10-25-17-20-14-6-3-2-5-12(14)16(24)21(17)7-4-8-22/h2-3,5-6,22H,4,7-8,10,19H2,1H3. The number of hydrogen-bond donors (Lipinski definition) is 2. The van der Waals surface area contributed by atoms with E-state index in [1.165, 1.54) is 11.5 Å². The van der Waals surface area contributed by atoms with E-state index in [0.717, 1.165) is 11.8 Å². The Hall–Kier alpha value is -2.63. The molecule has 0 unspecified atom stereocenters. The van der Waals surface area contributed by atoms with Gasteiger partial charge in [0.2, 0.25) is 0 Å². The smallest absolute Gasteiger partial charge is 0.262 e. The zero-order valence-electron chi connectivity index (χ0n) is 13.7. The molecule has 2 rings (SSSR count). The summed E-state index contributed by atoms with van der Waals surface area (Å²) in [5, 5.41) is 18.9. The summed E-state index contributed by atoms with van der Waals surface area (Å²) in [4.78, 5) is 29.2. The SMILES string of the molecule is CC(N)=C(C#N)C(=O)CSc1nc2ccccc2c(=O)n1CCCO. The van der Waals surface area contributed by atoms with E-state index >= 15 is 0 Å². The number of Topliss-reactive ketones (excluding diaryl/α,β-unsaturated/α-hetero) is 1. The predicted molar refractivity (Wildman–Crippen MR) is 95.9 cm³/mol. The Kier molecular flexibility index (Phi) is 6.33. The largest absolute Gasteiger partial charge is 0.401 e. The molecule has 0 fully saturated rings. The van der Waals surface area contributed by atoms with Crippen molar-refractivity contribution in [3.63, 3.8) is 0 Å². The van der Waals surface area contributed by atoms with Crippen LogP contribution in [0.15, 0.2) is 45.5 Å². The summed E-state index contributed by atoms with van der Waals surface area (Å²) in [6.07, 6.45) is 0.396. The fourth-order valence-corrected chi connectivity index (χ4v) is 3.15. The van der Waals surface area contributed by atoms with Crippen LogP contribution in [0.2, 0.25) is 0 Å². The van der Waals surface area contributed by atoms with Gasteiger partial charge >= 0.3 is 0 Å². The minimum atomic E-state index is -0.413. The molecule has 0 aliphatic heterocycles. The molecule has 0 radical (unpaired) electrons. The Labute approximate surface area is 148 Å². The van der Waals surface area contributed by atoms with Gasteiger partial charge in [-0.2, -0.15) is 5.26 Å². The number of fused-ring (bicyclic) bond motifs is 1. The fraction of sp³-hybridized carbons (Fsp3) is 0.294. The Morgan fingerprint density at radius 2 is 2.16 bits per heavy atom. The summed E-state index contributed by atoms with van der Waals surface area (Å²) in [6.45, 7) is 1.73. The number of nitrogens with two attached hydrogens (primary N) is 1. The molecular formula is C17H18N4O3S. The molecule has 25 heavy (non-hydrogen) atoms. The molecule has 0 bridgehead atoms. The number of hydrogen-bond acceptors (Lipinski definition) is 7. The molecule has 7 nitrogen and oxygen atoms in total. The van der Waals surface area contributed by atoms with Crippen molar-refractivity contribution >= 4 is 28.4 Å². The second kappa shape index (κ2) is 8.46. The number of nitrogens with zero attached hydrogens (tertiary/aromatic N) is 3. The second-order valence-electron chi connectivity index (χ2n) is 5.33. The molecule has 0 aliphatic carbocycles. The first-order valence-electron chi connectivity index (χ1n) is 7.62. The molecule has 1 heterocycles. The van der Waals surface area contributed by atoms with Crippen LogP contribution in [0, 0.1) is 11.3 Å². The highest BCUT2D eigenvalue weighted by Crippen LogP contribution is 2.19. The number of rotatable bonds is 7. The number of para-hydroxylation sites is 1. The van der Waals surface area contributed by atoms with Crippen LogP contribution >= 0.6 is 11.8 Å². The third kappa shape index (κ3) is 4.26. The molecule has 1 aromatic heterocycles. The van der Waals surface area contributed by atoms with E-state index < -0.39 is 5.78 Å². The van der Waals surface area contributed by atoms with Gasteiger partial charge in [0, 0.05) is 18.8 Å². The monoisotopic (exact) mass is 358 g/mol. The van der Waals surface area contributed by atoms with E-state index in [0.29, 0.717) is 29.0 Å². The van der Waals surface area contributed by atoms with Crippen LogP contribution in [-0.4, -0.2) is 32.8 Å². The van der Waals surface area contributed by atoms with Gasteiger partial charge in [0.25, 0.3) is 5.56 Å². The lowest BCUT2D eigenvalue weighted by molar-refractivity contribution is -0.112. The maximum absolute atomic E-state index is 12.7. The van der Waals surface area contributed by atoms with E-state index in [2.05, 4.69) is 4.98 Å². The van der Waals surface area contributed by atoms with Gasteiger partial charge in [0.15, 0.2) is 10.9 Å². The van der Waals surface area contributed by atoms with Crippen LogP contribution in [0.4, 0.5) is 0 Å². The van der Waals surface area contributed by atoms with Crippen molar-refractivity contribution in [1.82, 2.24) is 9.55 Å². The lowest BCUT2D eigenvalue weighted by atomic mass is 10.2. The van der Waals surface area contributed by atoms with Gasteiger partial charge in [-0.1, -0.05) is 23.9 Å². The van der Waals surface area contributed by atoms with Crippen LogP contribution in [0.1, 0.15) is 13.3 Å². The van der Waals surface area contributed by atoms with Crippen molar-refractivity contribution in [3.05, 3.63) is 45.9 Å². The van der Waals surface area contributed by atoms with E-state index in [-0.39, 0.29) is 29.2 Å². The van der Waals surface area contributed by atoms with Gasteiger partial charge in [-0.3, -0.25) is 14.2 Å². The fourth-order valence-electron chi connectivity index (χ4n) is 2.26. The molecule has 0 spiro atoms. The van der Waals surface area contributed by atoms with Crippen LogP contribution in [0.5, 0.6) is 0 Å². The number of benzene rings is 1. The van der Waals surface area contributed by atoms with Crippen molar-refractivity contribution in [1.29, 1.82) is 5.26 Å². The number of aromatic nitrogens is 2. The van der Waals surface area contributed by atoms with E-state index in [4.69, 9.17) is 16.1 Å². The Morgan fingerprint density at radius 3 is 2.80 bits per heavy atom. The Bertz CT molecular complexity index is 924. The number of thioether (sulfide) groups is 1. The molecule has 0 saturated heterocycles. The summed E-state index contributed by atoms with van der Waals surface area (Å²) in [5.41, 5.74) is 5.93. The van der Waals surface area contributed by atoms with Gasteiger partial charge in [0.05, 0.1) is 16.7 Å². The number of carbonyl (C=O) groups is 1. The molecule has 0 amide bonds. The summed E-state index contributed by atoms with van der Waals surface area (Å²) in [6, 6.07) is 8.75. The maximum atomic E-state index is 12.7. The van der Waals surface area contributed by atoms with Crippen molar-refractivity contribution in [3.8, 4) is 6.07 Å². The normalized spacial score (nSPS) is 11.9. The highest BCUT2D eigenvalue weighted by molar-refractivity contribution is 7.99. The van der Waals surface area contributed by atoms with Crippen LogP contribution in [0.25, 0.3) is 10.9 Å². The zero-order chi connectivity index (χ0) is 18.4. The molecular weight excluding hydrogens is 340 g/mol. The molecule has 3 N–H and O–H groups in total. The highest BCUT2D eigenvalue weighted by atomic mass is 32.2. The highest BCUT2D eigenvalue weighted by Gasteiger charge is 2.16. The average molecular weight is 358 g/mol. The van der Waals surface area contributed by atoms with Crippen molar-refractivity contribution in [2.24, 2.45) is 5.73 Å². The average Bonchev–Trinajstić information content (AvgIpc) is 2.59. The molecule has 1 aromatic carbocycles. The third-order valence-corrected chi connectivity index (χ3v) is 4.46. The third-order valence-electron chi connectivity index (χ3n) is 3.48. The minimum absolute atomic E-state index is 0.0542. The first-order valence-corrected chi connectivity index (χ1v) is 8.61. The lowest BCUT2D eigenvalue weighted by Gasteiger charge is -2.12. The van der Waals surface area contributed by atoms with Gasteiger partial charge < -0.3 is 10.8 Å². The van der Waals surface area contributed by atoms with Gasteiger partial charge in [-0.15, -0.1) is 0 Å². The van der Waals surface area contributed by atoms with E-state index in [1.54, 1.807) is 30.3 Å². The van der Waals surface area contributed by atoms with Gasteiger partial charge in [0.1, 0.15) is 11.6 Å². The number of carbonyl (C=O) groups excluding carboxylic acids is 1. The summed E-state index contributed by atoms with van der Waals surface area (Å²) in [7, 11) is 0. The Morgan fingerprint density at radius 1 is 1.44 bits per heavy atom. The summed E-state index contributed by atoms with van der Waals surface area (Å²) >= 11 is 1.08. The summed E-state index contributed by atoms with van der Waals surface area (Å²) in [5.74, 6) is -0.468.